The molecule has 2 heterocycles. The highest BCUT2D eigenvalue weighted by Gasteiger charge is 2.24. The molecule has 0 aliphatic carbocycles. The number of nitrogens with one attached hydrogen (secondary N) is 1. The molecule has 3 rings (SSSR count). The second-order valence-corrected chi connectivity index (χ2v) is 8.42. The van der Waals surface area contributed by atoms with E-state index in [4.69, 9.17) is 0 Å². The molecule has 7 heteroatoms. The number of pyridine rings is 1. The van der Waals surface area contributed by atoms with Gasteiger partial charge in [-0.2, -0.15) is 0 Å². The SMILES string of the molecule is Cc1ccc(C(=O)N2CCN(c3ccc(C(=O)NCCCN(C)C)cn3)CC2)c(C)c1. The number of amides is 2. The van der Waals surface area contributed by atoms with Crippen LogP contribution >= 0.6 is 0 Å². The Morgan fingerprint density at radius 2 is 1.81 bits per heavy atom. The van der Waals surface area contributed by atoms with E-state index in [0.29, 0.717) is 25.2 Å². The first-order valence-electron chi connectivity index (χ1n) is 10.9. The van der Waals surface area contributed by atoms with Crippen molar-refractivity contribution < 1.29 is 9.59 Å². The molecule has 0 radical (unpaired) electrons. The fourth-order valence-corrected chi connectivity index (χ4v) is 3.77. The first-order chi connectivity index (χ1) is 14.8. The number of aryl methyl sites for hydroxylation is 2. The van der Waals surface area contributed by atoms with Crippen molar-refractivity contribution in [2.45, 2.75) is 20.3 Å². The van der Waals surface area contributed by atoms with Crippen LogP contribution < -0.4 is 10.2 Å². The molecule has 0 bridgehead atoms. The van der Waals surface area contributed by atoms with Crippen molar-refractivity contribution in [1.29, 1.82) is 0 Å². The third-order valence-electron chi connectivity index (χ3n) is 5.58. The Balaban J connectivity index is 1.51. The molecule has 1 saturated heterocycles. The molecule has 1 aromatic carbocycles. The quantitative estimate of drug-likeness (QED) is 0.693. The van der Waals surface area contributed by atoms with Gasteiger partial charge in [-0.25, -0.2) is 4.98 Å². The summed E-state index contributed by atoms with van der Waals surface area (Å²) in [6, 6.07) is 9.66. The minimum atomic E-state index is -0.0957. The summed E-state index contributed by atoms with van der Waals surface area (Å²) >= 11 is 0. The lowest BCUT2D eigenvalue weighted by molar-refractivity contribution is 0.0745. The predicted molar refractivity (Wildman–Crippen MR) is 124 cm³/mol. The molecule has 2 aromatic rings. The maximum atomic E-state index is 12.9. The van der Waals surface area contributed by atoms with Crippen molar-refractivity contribution in [3.05, 3.63) is 58.8 Å². The van der Waals surface area contributed by atoms with E-state index < -0.39 is 0 Å². The zero-order valence-corrected chi connectivity index (χ0v) is 19.0. The first-order valence-corrected chi connectivity index (χ1v) is 10.9. The van der Waals surface area contributed by atoms with Gasteiger partial charge < -0.3 is 20.0 Å². The summed E-state index contributed by atoms with van der Waals surface area (Å²) in [5.74, 6) is 0.829. The lowest BCUT2D eigenvalue weighted by Crippen LogP contribution is -2.49. The zero-order chi connectivity index (χ0) is 22.4. The lowest BCUT2D eigenvalue weighted by atomic mass is 10.0. The summed E-state index contributed by atoms with van der Waals surface area (Å²) in [5, 5.41) is 2.93. The Morgan fingerprint density at radius 3 is 2.42 bits per heavy atom. The standard InChI is InChI=1S/C24H33N5O2/c1-18-6-8-21(19(2)16-18)24(31)29-14-12-28(13-15-29)22-9-7-20(17-26-22)23(30)25-10-5-11-27(3)4/h6-9,16-17H,5,10-15H2,1-4H3,(H,25,30). The van der Waals surface area contributed by atoms with Crippen molar-refractivity contribution in [1.82, 2.24) is 20.1 Å². The van der Waals surface area contributed by atoms with Crippen molar-refractivity contribution in [2.75, 3.05) is 58.3 Å². The average molecular weight is 424 g/mol. The van der Waals surface area contributed by atoms with Gasteiger partial charge >= 0.3 is 0 Å². The van der Waals surface area contributed by atoms with Gasteiger partial charge in [-0.1, -0.05) is 17.7 Å². The summed E-state index contributed by atoms with van der Waals surface area (Å²) in [6.07, 6.45) is 2.54. The molecule has 1 aliphatic rings. The largest absolute Gasteiger partial charge is 0.353 e. The number of benzene rings is 1. The summed E-state index contributed by atoms with van der Waals surface area (Å²) in [7, 11) is 4.04. The van der Waals surface area contributed by atoms with Crippen LogP contribution in [0, 0.1) is 13.8 Å². The maximum Gasteiger partial charge on any atom is 0.254 e. The molecule has 0 spiro atoms. The van der Waals surface area contributed by atoms with Crippen LogP contribution in [0.1, 0.15) is 38.3 Å². The smallest absolute Gasteiger partial charge is 0.254 e. The highest BCUT2D eigenvalue weighted by Crippen LogP contribution is 2.18. The minimum Gasteiger partial charge on any atom is -0.353 e. The summed E-state index contributed by atoms with van der Waals surface area (Å²) in [4.78, 5) is 35.8. The molecular formula is C24H33N5O2. The van der Waals surface area contributed by atoms with E-state index in [2.05, 4.69) is 20.1 Å². The van der Waals surface area contributed by atoms with E-state index in [1.165, 1.54) is 0 Å². The third kappa shape index (κ3) is 6.04. The second kappa shape index (κ2) is 10.4. The molecule has 1 aromatic heterocycles. The Hall–Kier alpha value is -2.93. The maximum absolute atomic E-state index is 12.9. The van der Waals surface area contributed by atoms with Crippen LogP contribution in [0.5, 0.6) is 0 Å². The number of carbonyl (C=O) groups is 2. The normalized spacial score (nSPS) is 14.1. The van der Waals surface area contributed by atoms with Crippen molar-refractivity contribution >= 4 is 17.6 Å². The molecule has 1 fully saturated rings. The van der Waals surface area contributed by atoms with Crippen LogP contribution in [0.2, 0.25) is 0 Å². The first kappa shape index (κ1) is 22.7. The molecule has 1 aliphatic heterocycles. The topological polar surface area (TPSA) is 68.8 Å². The molecule has 0 atom stereocenters. The number of rotatable bonds is 7. The van der Waals surface area contributed by atoms with Gasteiger partial charge in [0.15, 0.2) is 0 Å². The molecule has 0 unspecified atom stereocenters. The van der Waals surface area contributed by atoms with Crippen LogP contribution in [0.15, 0.2) is 36.5 Å². The highest BCUT2D eigenvalue weighted by molar-refractivity contribution is 5.96. The van der Waals surface area contributed by atoms with Crippen LogP contribution in [-0.4, -0.2) is 80.0 Å². The zero-order valence-electron chi connectivity index (χ0n) is 19.0. The summed E-state index contributed by atoms with van der Waals surface area (Å²) in [5.41, 5.74) is 3.52. The van der Waals surface area contributed by atoms with E-state index in [9.17, 15) is 9.59 Å². The monoisotopic (exact) mass is 423 g/mol. The molecule has 166 valence electrons. The van der Waals surface area contributed by atoms with Crippen LogP contribution in [0.4, 0.5) is 5.82 Å². The Morgan fingerprint density at radius 1 is 1.06 bits per heavy atom. The second-order valence-electron chi connectivity index (χ2n) is 8.42. The minimum absolute atomic E-state index is 0.0893. The van der Waals surface area contributed by atoms with E-state index in [0.717, 1.165) is 48.6 Å². The lowest BCUT2D eigenvalue weighted by Gasteiger charge is -2.35. The Kier molecular flexibility index (Phi) is 7.63. The molecule has 1 N–H and O–H groups in total. The van der Waals surface area contributed by atoms with Gasteiger partial charge in [-0.15, -0.1) is 0 Å². The molecule has 7 nitrogen and oxygen atoms in total. The number of nitrogens with zero attached hydrogens (tertiary/aromatic N) is 4. The summed E-state index contributed by atoms with van der Waals surface area (Å²) in [6.45, 7) is 8.36. The Labute approximate surface area is 185 Å². The van der Waals surface area contributed by atoms with Crippen molar-refractivity contribution in [3.8, 4) is 0 Å². The van der Waals surface area contributed by atoms with E-state index in [1.807, 2.05) is 63.2 Å². The van der Waals surface area contributed by atoms with E-state index in [-0.39, 0.29) is 11.8 Å². The Bertz CT molecular complexity index is 903. The number of carbonyl (C=O) groups excluding carboxylic acids is 2. The number of piperazine rings is 1. The molecule has 0 saturated carbocycles. The van der Waals surface area contributed by atoms with Crippen LogP contribution in [0.3, 0.4) is 0 Å². The van der Waals surface area contributed by atoms with Crippen LogP contribution in [-0.2, 0) is 0 Å². The third-order valence-corrected chi connectivity index (χ3v) is 5.58. The average Bonchev–Trinajstić information content (AvgIpc) is 2.76. The van der Waals surface area contributed by atoms with Gasteiger partial charge in [-0.05, 0) is 64.7 Å². The molecule has 2 amide bonds. The highest BCUT2D eigenvalue weighted by atomic mass is 16.2. The van der Waals surface area contributed by atoms with E-state index in [1.54, 1.807) is 6.20 Å². The van der Waals surface area contributed by atoms with Gasteiger partial charge in [-0.3, -0.25) is 9.59 Å². The fraction of sp³-hybridized carbons (Fsp3) is 0.458. The number of aromatic nitrogens is 1. The molecule has 31 heavy (non-hydrogen) atoms. The van der Waals surface area contributed by atoms with Gasteiger partial charge in [0, 0.05) is 44.5 Å². The number of anilines is 1. The molecular weight excluding hydrogens is 390 g/mol. The van der Waals surface area contributed by atoms with E-state index >= 15 is 0 Å². The van der Waals surface area contributed by atoms with Gasteiger partial charge in [0.25, 0.3) is 11.8 Å². The van der Waals surface area contributed by atoms with Crippen molar-refractivity contribution in [2.24, 2.45) is 0 Å². The van der Waals surface area contributed by atoms with Crippen molar-refractivity contribution in [3.63, 3.8) is 0 Å². The summed E-state index contributed by atoms with van der Waals surface area (Å²) < 4.78 is 0. The van der Waals surface area contributed by atoms with Gasteiger partial charge in [0.1, 0.15) is 5.82 Å². The van der Waals surface area contributed by atoms with Gasteiger partial charge in [0.2, 0.25) is 0 Å². The fourth-order valence-electron chi connectivity index (χ4n) is 3.77. The number of hydrogen-bond acceptors (Lipinski definition) is 5. The number of hydrogen-bond donors (Lipinski definition) is 1. The van der Waals surface area contributed by atoms with Crippen LogP contribution in [0.25, 0.3) is 0 Å². The van der Waals surface area contributed by atoms with Gasteiger partial charge in [0.05, 0.1) is 5.56 Å². The predicted octanol–water partition coefficient (Wildman–Crippen LogP) is 2.34.